The summed E-state index contributed by atoms with van der Waals surface area (Å²) in [6.45, 7) is 5.88. The van der Waals surface area contributed by atoms with Crippen molar-refractivity contribution in [3.63, 3.8) is 0 Å². The van der Waals surface area contributed by atoms with Crippen LogP contribution in [0.25, 0.3) is 44.3 Å². The van der Waals surface area contributed by atoms with E-state index in [-0.39, 0.29) is 36.0 Å². The Morgan fingerprint density at radius 3 is 1.42 bits per heavy atom. The SMILES string of the molecule is CS(=O)(=O)CC/C=C/C(=O)Nc1ccc(CN2CCC(Nc3ncc(Cl)c(-c4c[nH]c5ccccc45)n3)CC2)cc1.CS(=O)(=O)Cl.Cl.NC/C=C/C(=O)Nc1ccc(CN2CCC(Nc3ncc(Cl)c(-c4c[nH]c5ccccc45)n3)CC2)cc1. The summed E-state index contributed by atoms with van der Waals surface area (Å²) in [4.78, 5) is 53.7. The minimum absolute atomic E-state index is 0. The molecule has 0 bridgehead atoms. The second kappa shape index (κ2) is 30.8. The summed E-state index contributed by atoms with van der Waals surface area (Å²) in [5.41, 5.74) is 14.7. The Bertz CT molecular complexity index is 3770. The van der Waals surface area contributed by atoms with E-state index in [2.05, 4.69) is 86.0 Å². The molecule has 0 spiro atoms. The summed E-state index contributed by atoms with van der Waals surface area (Å²) in [5.74, 6) is 0.753. The fourth-order valence-electron chi connectivity index (χ4n) is 9.54. The smallest absolute Gasteiger partial charge is 0.248 e. The Morgan fingerprint density at radius 2 is 1.02 bits per heavy atom. The van der Waals surface area contributed by atoms with Gasteiger partial charge in [-0.05, 0) is 85.7 Å². The topological polar surface area (TPSA) is 266 Å². The molecule has 0 saturated carbocycles. The number of benzene rings is 4. The molecule has 444 valence electrons. The molecule has 2 saturated heterocycles. The highest BCUT2D eigenvalue weighted by Crippen LogP contribution is 2.34. The molecule has 2 aliphatic heterocycles. The van der Waals surface area contributed by atoms with Crippen molar-refractivity contribution in [3.05, 3.63) is 167 Å². The molecule has 6 heterocycles. The van der Waals surface area contributed by atoms with Crippen LogP contribution in [0.3, 0.4) is 0 Å². The van der Waals surface area contributed by atoms with Gasteiger partial charge in [0, 0.05) is 138 Å². The first-order valence-corrected chi connectivity index (χ1v) is 32.4. The van der Waals surface area contributed by atoms with Crippen LogP contribution in [-0.4, -0.2) is 131 Å². The predicted octanol–water partition coefficient (Wildman–Crippen LogP) is 10.7. The molecule has 2 fully saturated rings. The summed E-state index contributed by atoms with van der Waals surface area (Å²) in [6.07, 6.45) is 19.6. The van der Waals surface area contributed by atoms with Crippen molar-refractivity contribution in [1.82, 2.24) is 39.7 Å². The first kappa shape index (κ1) is 64.6. The number of hydrogen-bond donors (Lipinski definition) is 7. The van der Waals surface area contributed by atoms with Crippen molar-refractivity contribution in [2.24, 2.45) is 5.73 Å². The zero-order valence-electron chi connectivity index (χ0n) is 46.3. The van der Waals surface area contributed by atoms with Crippen LogP contribution in [0.15, 0.2) is 146 Å². The summed E-state index contributed by atoms with van der Waals surface area (Å²) in [7, 11) is -1.73. The molecule has 8 N–H and O–H groups in total. The first-order chi connectivity index (χ1) is 39.8. The molecular formula is C59H67Cl4N13O6S2. The van der Waals surface area contributed by atoms with Crippen molar-refractivity contribution in [2.45, 2.75) is 57.3 Å². The molecular weight excluding hydrogens is 1190 g/mol. The van der Waals surface area contributed by atoms with E-state index in [4.69, 9.17) is 38.9 Å². The van der Waals surface area contributed by atoms with Crippen molar-refractivity contribution in [2.75, 3.05) is 72.3 Å². The van der Waals surface area contributed by atoms with Gasteiger partial charge in [0.15, 0.2) is 0 Å². The van der Waals surface area contributed by atoms with Crippen LogP contribution in [0.2, 0.25) is 10.0 Å². The van der Waals surface area contributed by atoms with E-state index < -0.39 is 18.9 Å². The molecule has 19 nitrogen and oxygen atoms in total. The number of aromatic nitrogens is 6. The van der Waals surface area contributed by atoms with E-state index in [1.165, 1.54) is 29.5 Å². The normalized spacial score (nSPS) is 14.5. The zero-order chi connectivity index (χ0) is 58.9. The van der Waals surface area contributed by atoms with Crippen LogP contribution in [0.1, 0.15) is 43.2 Å². The van der Waals surface area contributed by atoms with Crippen LogP contribution in [0.5, 0.6) is 0 Å². The van der Waals surface area contributed by atoms with Crippen molar-refractivity contribution in [1.29, 1.82) is 0 Å². The molecule has 0 unspecified atom stereocenters. The van der Waals surface area contributed by atoms with E-state index in [9.17, 15) is 26.4 Å². The lowest BCUT2D eigenvalue weighted by molar-refractivity contribution is -0.112. The number of rotatable bonds is 18. The van der Waals surface area contributed by atoms with Gasteiger partial charge in [-0.3, -0.25) is 19.4 Å². The third-order valence-electron chi connectivity index (χ3n) is 13.6. The number of piperidine rings is 2. The Hall–Kier alpha value is -6.92. The van der Waals surface area contributed by atoms with E-state index >= 15 is 0 Å². The quantitative estimate of drug-likeness (QED) is 0.0311. The average Bonchev–Trinajstić information content (AvgIpc) is 3.13. The van der Waals surface area contributed by atoms with Gasteiger partial charge in [0.05, 0.1) is 45.8 Å². The number of likely N-dealkylation sites (tertiary alicyclic amines) is 2. The molecule has 0 radical (unpaired) electrons. The number of nitrogens with one attached hydrogen (secondary N) is 6. The lowest BCUT2D eigenvalue weighted by atomic mass is 10.0. The number of sulfone groups is 1. The van der Waals surface area contributed by atoms with Gasteiger partial charge in [-0.25, -0.2) is 36.8 Å². The van der Waals surface area contributed by atoms with Crippen molar-refractivity contribution in [3.8, 4) is 22.5 Å². The van der Waals surface area contributed by atoms with Gasteiger partial charge < -0.3 is 37.0 Å². The van der Waals surface area contributed by atoms with Crippen LogP contribution >= 0.6 is 46.3 Å². The standard InChI is InChI=1S/C30H33ClN6O3S.C28H30ClN7O.CH3ClO2S.ClH/c1-41(39,40)17-5-4-8-28(38)34-22-11-9-21(10-12-22)20-37-15-13-23(14-16-37)35-30-33-19-26(31)29(36-30)25-18-32-27-7-3-2-6-24(25)27;29-24-17-32-28(35-27(24)23-16-31-25-5-2-1-4-22(23)25)34-21-11-14-36(15-12-21)18-19-7-9-20(10-8-19)33-26(37)6-3-13-30;1-5(2,3)4;/h2-4,6-12,18-19,23,32H,5,13-17,20H2,1H3,(H,34,38)(H,33,35,36);1-10,16-17,21,31H,11-15,18,30H2,(H,33,37)(H,32,34,35);1H3;1H/b8-4+;6-3+;;. The molecule has 4 aromatic heterocycles. The number of anilines is 4. The van der Waals surface area contributed by atoms with Gasteiger partial charge in [-0.2, -0.15) is 0 Å². The van der Waals surface area contributed by atoms with E-state index in [1.54, 1.807) is 24.5 Å². The van der Waals surface area contributed by atoms with Crippen LogP contribution in [0.4, 0.5) is 23.3 Å². The van der Waals surface area contributed by atoms with Crippen LogP contribution in [-0.2, 0) is 41.6 Å². The Kier molecular flexibility index (Phi) is 23.7. The largest absolute Gasteiger partial charge is 0.360 e. The lowest BCUT2D eigenvalue weighted by Gasteiger charge is -2.32. The Labute approximate surface area is 510 Å². The number of carbonyl (C=O) groups excluding carboxylic acids is 2. The molecule has 2 aliphatic rings. The maximum Gasteiger partial charge on any atom is 0.248 e. The fraction of sp³-hybridized carbons (Fsp3) is 0.288. The number of amides is 2. The molecule has 10 rings (SSSR count). The van der Waals surface area contributed by atoms with Gasteiger partial charge in [0.2, 0.25) is 32.8 Å². The number of nitrogens with two attached hydrogens (primary N) is 1. The lowest BCUT2D eigenvalue weighted by Crippen LogP contribution is -2.39. The van der Waals surface area contributed by atoms with Gasteiger partial charge in [0.25, 0.3) is 0 Å². The monoisotopic (exact) mass is 1260 g/mol. The minimum Gasteiger partial charge on any atom is -0.360 e. The van der Waals surface area contributed by atoms with Crippen LogP contribution < -0.4 is 27.0 Å². The number of nitrogens with zero attached hydrogens (tertiary/aromatic N) is 6. The summed E-state index contributed by atoms with van der Waals surface area (Å²) in [5, 5.41) is 15.9. The van der Waals surface area contributed by atoms with Gasteiger partial charge in [0.1, 0.15) is 9.84 Å². The predicted molar refractivity (Wildman–Crippen MR) is 342 cm³/mol. The van der Waals surface area contributed by atoms with E-state index in [0.717, 1.165) is 116 Å². The number of carbonyl (C=O) groups is 2. The highest BCUT2D eigenvalue weighted by atomic mass is 35.7. The fourth-order valence-corrected chi connectivity index (χ4v) is 10.5. The Balaban J connectivity index is 0.000000222. The maximum absolute atomic E-state index is 12.1. The molecule has 25 heteroatoms. The highest BCUT2D eigenvalue weighted by molar-refractivity contribution is 8.13. The average molecular weight is 1260 g/mol. The zero-order valence-corrected chi connectivity index (χ0v) is 51.0. The van der Waals surface area contributed by atoms with Gasteiger partial charge >= 0.3 is 0 Å². The number of hydrogen-bond acceptors (Lipinski definition) is 15. The number of fused-ring (bicyclic) bond motifs is 2. The number of para-hydroxylation sites is 2. The molecule has 0 atom stereocenters. The van der Waals surface area contributed by atoms with Crippen LogP contribution in [0, 0.1) is 0 Å². The van der Waals surface area contributed by atoms with Gasteiger partial charge in [-0.1, -0.05) is 96.0 Å². The second-order valence-electron chi connectivity index (χ2n) is 20.2. The molecule has 0 aliphatic carbocycles. The van der Waals surface area contributed by atoms with Gasteiger partial charge in [-0.15, -0.1) is 12.4 Å². The number of allylic oxidation sites excluding steroid dienone is 1. The van der Waals surface area contributed by atoms with E-state index in [0.29, 0.717) is 52.3 Å². The summed E-state index contributed by atoms with van der Waals surface area (Å²) in [6, 6.07) is 32.5. The van der Waals surface area contributed by atoms with Crippen molar-refractivity contribution < 1.29 is 26.4 Å². The summed E-state index contributed by atoms with van der Waals surface area (Å²) < 4.78 is 41.1. The molecule has 8 aromatic rings. The van der Waals surface area contributed by atoms with Crippen molar-refractivity contribution >= 4 is 122 Å². The Morgan fingerprint density at radius 1 is 0.631 bits per heavy atom. The molecule has 84 heavy (non-hydrogen) atoms. The van der Waals surface area contributed by atoms with E-state index in [1.807, 2.05) is 85.2 Å². The number of aromatic amines is 2. The number of H-pyrrole nitrogens is 2. The minimum atomic E-state index is -3.19. The maximum atomic E-state index is 12.1. The summed E-state index contributed by atoms with van der Waals surface area (Å²) >= 11 is 13.0. The second-order valence-corrected chi connectivity index (χ2v) is 26.3. The number of halogens is 4. The molecule has 4 aromatic carbocycles. The third-order valence-corrected chi connectivity index (χ3v) is 15.1. The third kappa shape index (κ3) is 20.1. The molecule has 2 amide bonds. The highest BCUT2D eigenvalue weighted by Gasteiger charge is 2.23. The first-order valence-electron chi connectivity index (χ1n) is 26.9.